The average molecular weight is 513 g/mol. The minimum absolute atomic E-state index is 0.0196. The highest BCUT2D eigenvalue weighted by molar-refractivity contribution is 6.05. The van der Waals surface area contributed by atoms with Crippen molar-refractivity contribution in [1.29, 1.82) is 0 Å². The molecule has 4 atom stereocenters. The van der Waals surface area contributed by atoms with Gasteiger partial charge in [0.05, 0.1) is 30.4 Å². The van der Waals surface area contributed by atoms with Gasteiger partial charge in [0.15, 0.2) is 0 Å². The van der Waals surface area contributed by atoms with Gasteiger partial charge in [0.25, 0.3) is 11.8 Å². The summed E-state index contributed by atoms with van der Waals surface area (Å²) < 4.78 is 12.4. The highest BCUT2D eigenvalue weighted by atomic mass is 16.5. The van der Waals surface area contributed by atoms with E-state index in [4.69, 9.17) is 9.47 Å². The largest absolute Gasteiger partial charge is 0.490 e. The van der Waals surface area contributed by atoms with E-state index in [1.165, 1.54) is 0 Å². The topological polar surface area (TPSA) is 113 Å². The van der Waals surface area contributed by atoms with E-state index in [9.17, 15) is 14.7 Å². The van der Waals surface area contributed by atoms with Crippen LogP contribution in [0.3, 0.4) is 0 Å². The summed E-state index contributed by atoms with van der Waals surface area (Å²) in [5.74, 6) is -0.0874. The smallest absolute Gasteiger partial charge is 0.258 e. The van der Waals surface area contributed by atoms with E-state index >= 15 is 0 Å². The number of aliphatic hydroxyl groups is 1. The Bertz CT molecular complexity index is 1020. The fourth-order valence-corrected chi connectivity index (χ4v) is 4.40. The Balaban J connectivity index is 1.97. The van der Waals surface area contributed by atoms with Crippen molar-refractivity contribution in [2.24, 2.45) is 5.92 Å². The van der Waals surface area contributed by atoms with Crippen LogP contribution in [0.2, 0.25) is 0 Å². The Morgan fingerprint density at radius 3 is 2.68 bits per heavy atom. The number of hydrogen-bond acceptors (Lipinski definition) is 7. The number of rotatable bonds is 6. The van der Waals surface area contributed by atoms with Crippen LogP contribution in [0.5, 0.6) is 5.75 Å². The van der Waals surface area contributed by atoms with E-state index in [1.54, 1.807) is 47.6 Å². The number of carbonyl (C=O) groups is 2. The van der Waals surface area contributed by atoms with Gasteiger partial charge in [-0.25, -0.2) is 0 Å². The first kappa shape index (κ1) is 28.6. The fourth-order valence-electron chi connectivity index (χ4n) is 4.40. The number of nitrogens with zero attached hydrogens (tertiary/aromatic N) is 2. The van der Waals surface area contributed by atoms with Crippen LogP contribution in [-0.4, -0.2) is 78.4 Å². The number of aromatic nitrogens is 1. The molecule has 2 aromatic rings. The lowest BCUT2D eigenvalue weighted by Crippen LogP contribution is -2.47. The monoisotopic (exact) mass is 512 g/mol. The number of pyridine rings is 1. The van der Waals surface area contributed by atoms with Gasteiger partial charge >= 0.3 is 0 Å². The van der Waals surface area contributed by atoms with Crippen LogP contribution in [0.15, 0.2) is 42.7 Å². The maximum Gasteiger partial charge on any atom is 0.258 e. The Kier molecular flexibility index (Phi) is 10.9. The third-order valence-corrected chi connectivity index (χ3v) is 6.66. The normalized spacial score (nSPS) is 22.4. The number of benzene rings is 1. The highest BCUT2D eigenvalue weighted by Crippen LogP contribution is 2.28. The van der Waals surface area contributed by atoms with Crippen LogP contribution in [0.4, 0.5) is 5.69 Å². The summed E-state index contributed by atoms with van der Waals surface area (Å²) in [7, 11) is 1.89. The molecular weight excluding hydrogens is 472 g/mol. The van der Waals surface area contributed by atoms with E-state index in [-0.39, 0.29) is 36.5 Å². The predicted molar refractivity (Wildman–Crippen MR) is 143 cm³/mol. The van der Waals surface area contributed by atoms with Gasteiger partial charge in [0.1, 0.15) is 5.75 Å². The fraction of sp³-hybridized carbons (Fsp3) is 0.536. The molecule has 0 spiro atoms. The van der Waals surface area contributed by atoms with Crippen LogP contribution in [0.25, 0.3) is 0 Å². The number of fused-ring (bicyclic) bond motifs is 1. The molecule has 0 saturated carbocycles. The maximum atomic E-state index is 14.0. The first-order chi connectivity index (χ1) is 17.8. The SMILES string of the molecule is CNC[C@@H]1OCCCC[C@H](C)Oc2ccc(NC(=O)c3ccncc3)cc2C(=O)N([C@@H](C)CO)C[C@H]1C. The Morgan fingerprint density at radius 2 is 1.97 bits per heavy atom. The molecule has 202 valence electrons. The van der Waals surface area contributed by atoms with Crippen molar-refractivity contribution in [2.45, 2.75) is 58.3 Å². The second kappa shape index (κ2) is 14.1. The molecular formula is C28H40N4O5. The Morgan fingerprint density at radius 1 is 1.22 bits per heavy atom. The number of hydrogen-bond donors (Lipinski definition) is 3. The van der Waals surface area contributed by atoms with Gasteiger partial charge < -0.3 is 30.1 Å². The lowest BCUT2D eigenvalue weighted by Gasteiger charge is -2.34. The summed E-state index contributed by atoms with van der Waals surface area (Å²) in [6.45, 7) is 7.39. The standard InChI is InChI=1S/C28H40N4O5/c1-19-17-32(20(2)18-33)28(35)24-15-23(31-27(34)22-10-12-30-13-11-22)8-9-25(24)37-21(3)7-5-6-14-36-26(19)16-29-4/h8-13,15,19-21,26,29,33H,5-7,14,16-18H2,1-4H3,(H,31,34)/t19-,20+,21+,26+/m1/s1. The molecule has 0 aliphatic carbocycles. The first-order valence-corrected chi connectivity index (χ1v) is 13.0. The number of ether oxygens (including phenoxy) is 2. The summed E-state index contributed by atoms with van der Waals surface area (Å²) in [5, 5.41) is 16.0. The van der Waals surface area contributed by atoms with Crippen molar-refractivity contribution in [2.75, 3.05) is 38.7 Å². The third-order valence-electron chi connectivity index (χ3n) is 6.66. The molecule has 2 amide bonds. The van der Waals surface area contributed by atoms with Crippen LogP contribution in [-0.2, 0) is 4.74 Å². The summed E-state index contributed by atoms with van der Waals surface area (Å²) in [4.78, 5) is 32.3. The van der Waals surface area contributed by atoms with E-state index < -0.39 is 6.04 Å². The zero-order chi connectivity index (χ0) is 26.8. The molecule has 0 fully saturated rings. The van der Waals surface area contributed by atoms with Gasteiger partial charge in [-0.15, -0.1) is 0 Å². The molecule has 1 aromatic heterocycles. The number of nitrogens with one attached hydrogen (secondary N) is 2. The van der Waals surface area contributed by atoms with Gasteiger partial charge in [-0.05, 0) is 70.5 Å². The van der Waals surface area contributed by atoms with E-state index in [0.29, 0.717) is 42.3 Å². The highest BCUT2D eigenvalue weighted by Gasteiger charge is 2.29. The number of likely N-dealkylation sites (N-methyl/N-ethyl adjacent to an activating group) is 1. The lowest BCUT2D eigenvalue weighted by molar-refractivity contribution is -0.000452. The summed E-state index contributed by atoms with van der Waals surface area (Å²) in [6.07, 6.45) is 5.60. The Labute approximate surface area is 219 Å². The Hall–Kier alpha value is -3.01. The van der Waals surface area contributed by atoms with E-state index in [0.717, 1.165) is 19.3 Å². The molecule has 0 saturated heterocycles. The number of amides is 2. The molecule has 2 heterocycles. The van der Waals surface area contributed by atoms with Crippen LogP contribution < -0.4 is 15.4 Å². The van der Waals surface area contributed by atoms with Crippen molar-refractivity contribution in [3.05, 3.63) is 53.9 Å². The van der Waals surface area contributed by atoms with Gasteiger partial charge in [0, 0.05) is 49.3 Å². The molecule has 3 rings (SSSR count). The van der Waals surface area contributed by atoms with Crippen LogP contribution >= 0.6 is 0 Å². The second-order valence-electron chi connectivity index (χ2n) is 9.76. The summed E-state index contributed by atoms with van der Waals surface area (Å²) >= 11 is 0. The third kappa shape index (κ3) is 7.99. The molecule has 0 radical (unpaired) electrons. The van der Waals surface area contributed by atoms with Gasteiger partial charge in [-0.1, -0.05) is 6.92 Å². The van der Waals surface area contributed by atoms with Gasteiger partial charge in [-0.3, -0.25) is 14.6 Å². The predicted octanol–water partition coefficient (Wildman–Crippen LogP) is 3.35. The molecule has 1 aromatic carbocycles. The van der Waals surface area contributed by atoms with E-state index in [2.05, 4.69) is 22.5 Å². The van der Waals surface area contributed by atoms with Crippen molar-refractivity contribution < 1.29 is 24.2 Å². The van der Waals surface area contributed by atoms with Crippen LogP contribution in [0, 0.1) is 5.92 Å². The molecule has 9 nitrogen and oxygen atoms in total. The van der Waals surface area contributed by atoms with Crippen molar-refractivity contribution >= 4 is 17.5 Å². The number of carbonyl (C=O) groups excluding carboxylic acids is 2. The molecule has 1 aliphatic heterocycles. The number of aliphatic hydroxyl groups excluding tert-OH is 1. The quantitative estimate of drug-likeness (QED) is 0.544. The molecule has 0 bridgehead atoms. The van der Waals surface area contributed by atoms with Gasteiger partial charge in [-0.2, -0.15) is 0 Å². The lowest BCUT2D eigenvalue weighted by atomic mass is 10.0. The molecule has 37 heavy (non-hydrogen) atoms. The van der Waals surface area contributed by atoms with E-state index in [1.807, 2.05) is 20.9 Å². The van der Waals surface area contributed by atoms with Crippen molar-refractivity contribution in [3.63, 3.8) is 0 Å². The minimum Gasteiger partial charge on any atom is -0.490 e. The van der Waals surface area contributed by atoms with Crippen LogP contribution in [0.1, 0.15) is 60.7 Å². The molecule has 9 heteroatoms. The minimum atomic E-state index is -0.418. The summed E-state index contributed by atoms with van der Waals surface area (Å²) in [6, 6.07) is 7.95. The zero-order valence-electron chi connectivity index (χ0n) is 22.3. The maximum absolute atomic E-state index is 14.0. The molecule has 0 unspecified atom stereocenters. The van der Waals surface area contributed by atoms with Gasteiger partial charge in [0.2, 0.25) is 0 Å². The second-order valence-corrected chi connectivity index (χ2v) is 9.76. The molecule has 3 N–H and O–H groups in total. The average Bonchev–Trinajstić information content (AvgIpc) is 2.90. The number of anilines is 1. The summed E-state index contributed by atoms with van der Waals surface area (Å²) in [5.41, 5.74) is 1.29. The van der Waals surface area contributed by atoms with Crippen molar-refractivity contribution in [1.82, 2.24) is 15.2 Å². The van der Waals surface area contributed by atoms with Crippen molar-refractivity contribution in [3.8, 4) is 5.75 Å². The zero-order valence-corrected chi connectivity index (χ0v) is 22.3. The first-order valence-electron chi connectivity index (χ1n) is 13.0. The molecule has 1 aliphatic rings.